The van der Waals surface area contributed by atoms with Crippen LogP contribution in [0.2, 0.25) is 0 Å². The predicted molar refractivity (Wildman–Crippen MR) is 102 cm³/mol. The van der Waals surface area contributed by atoms with Gasteiger partial charge in [-0.15, -0.1) is 0 Å². The summed E-state index contributed by atoms with van der Waals surface area (Å²) in [6.45, 7) is 1.85. The molecule has 1 fully saturated rings. The Bertz CT molecular complexity index is 747. The number of nitrogens with zero attached hydrogens (tertiary/aromatic N) is 1. The molecule has 1 unspecified atom stereocenters. The van der Waals surface area contributed by atoms with Crippen molar-refractivity contribution in [3.8, 4) is 11.5 Å². The number of para-hydroxylation sites is 1. The molecule has 1 atom stereocenters. The summed E-state index contributed by atoms with van der Waals surface area (Å²) in [4.78, 5) is 2.21. The molecule has 1 heterocycles. The normalized spacial score (nSPS) is 15.1. The third-order valence-electron chi connectivity index (χ3n) is 3.83. The SMILES string of the molecule is O=S(O)Nc1cc(C=S)cc(N2CCCC2)c1Oc1ccccc1. The maximum atomic E-state index is 11.3. The highest BCUT2D eigenvalue weighted by Crippen LogP contribution is 2.41. The molecule has 5 nitrogen and oxygen atoms in total. The Morgan fingerprint density at radius 2 is 1.92 bits per heavy atom. The monoisotopic (exact) mass is 362 g/mol. The topological polar surface area (TPSA) is 61.8 Å². The second-order valence-corrected chi connectivity index (χ2v) is 6.43. The Kier molecular flexibility index (Phi) is 5.44. The molecule has 0 amide bonds. The highest BCUT2D eigenvalue weighted by atomic mass is 32.2. The molecular weight excluding hydrogens is 344 g/mol. The molecule has 24 heavy (non-hydrogen) atoms. The molecule has 2 aromatic rings. The molecule has 126 valence electrons. The van der Waals surface area contributed by atoms with Crippen LogP contribution in [-0.2, 0) is 11.3 Å². The number of hydrogen-bond donors (Lipinski definition) is 2. The van der Waals surface area contributed by atoms with Crippen molar-refractivity contribution in [3.63, 3.8) is 0 Å². The number of anilines is 2. The second-order valence-electron chi connectivity index (χ2n) is 5.50. The Hall–Kier alpha value is -1.96. The smallest absolute Gasteiger partial charge is 0.259 e. The zero-order valence-electron chi connectivity index (χ0n) is 13.0. The van der Waals surface area contributed by atoms with Crippen molar-refractivity contribution in [2.45, 2.75) is 12.8 Å². The fourth-order valence-electron chi connectivity index (χ4n) is 2.78. The summed E-state index contributed by atoms with van der Waals surface area (Å²) in [5.41, 5.74) is 2.11. The van der Waals surface area contributed by atoms with Crippen molar-refractivity contribution < 1.29 is 13.5 Å². The minimum Gasteiger partial charge on any atom is -0.453 e. The van der Waals surface area contributed by atoms with Gasteiger partial charge in [-0.3, -0.25) is 9.27 Å². The van der Waals surface area contributed by atoms with Gasteiger partial charge in [0, 0.05) is 18.5 Å². The van der Waals surface area contributed by atoms with Gasteiger partial charge >= 0.3 is 0 Å². The van der Waals surface area contributed by atoms with Crippen molar-refractivity contribution in [1.82, 2.24) is 0 Å². The number of ether oxygens (including phenoxy) is 1. The van der Waals surface area contributed by atoms with Gasteiger partial charge in [0.2, 0.25) is 0 Å². The third kappa shape index (κ3) is 3.92. The van der Waals surface area contributed by atoms with E-state index in [1.54, 1.807) is 11.4 Å². The zero-order chi connectivity index (χ0) is 16.9. The Morgan fingerprint density at radius 3 is 2.54 bits per heavy atom. The molecule has 0 spiro atoms. The lowest BCUT2D eigenvalue weighted by molar-refractivity contribution is 0.484. The van der Waals surface area contributed by atoms with E-state index in [-0.39, 0.29) is 0 Å². The summed E-state index contributed by atoms with van der Waals surface area (Å²) in [6.07, 6.45) is 2.22. The van der Waals surface area contributed by atoms with Gasteiger partial charge in [-0.1, -0.05) is 30.4 Å². The Labute approximate surface area is 149 Å². The van der Waals surface area contributed by atoms with Gasteiger partial charge in [-0.2, -0.15) is 0 Å². The van der Waals surface area contributed by atoms with Crippen LogP contribution >= 0.6 is 12.2 Å². The highest BCUT2D eigenvalue weighted by Gasteiger charge is 2.21. The van der Waals surface area contributed by atoms with E-state index in [1.165, 1.54) is 0 Å². The molecule has 0 aromatic heterocycles. The lowest BCUT2D eigenvalue weighted by Gasteiger charge is -2.24. The van der Waals surface area contributed by atoms with Crippen LogP contribution in [0.15, 0.2) is 42.5 Å². The third-order valence-corrected chi connectivity index (χ3v) is 4.50. The van der Waals surface area contributed by atoms with E-state index in [1.807, 2.05) is 36.4 Å². The lowest BCUT2D eigenvalue weighted by Crippen LogP contribution is -2.19. The van der Waals surface area contributed by atoms with Crippen molar-refractivity contribution >= 4 is 40.2 Å². The molecule has 0 radical (unpaired) electrons. The molecule has 7 heteroatoms. The van der Waals surface area contributed by atoms with Crippen LogP contribution < -0.4 is 14.4 Å². The molecule has 3 rings (SSSR count). The van der Waals surface area contributed by atoms with Crippen LogP contribution in [0.1, 0.15) is 18.4 Å². The summed E-state index contributed by atoms with van der Waals surface area (Å²) >= 11 is 2.85. The van der Waals surface area contributed by atoms with Crippen molar-refractivity contribution in [2.24, 2.45) is 0 Å². The van der Waals surface area contributed by atoms with Crippen molar-refractivity contribution in [1.29, 1.82) is 0 Å². The highest BCUT2D eigenvalue weighted by molar-refractivity contribution is 7.80. The number of hydrogen-bond acceptors (Lipinski definition) is 4. The van der Waals surface area contributed by atoms with Crippen LogP contribution in [0, 0.1) is 0 Å². The lowest BCUT2D eigenvalue weighted by atomic mass is 10.1. The van der Waals surface area contributed by atoms with Crippen LogP contribution in [0.3, 0.4) is 0 Å². The van der Waals surface area contributed by atoms with Crippen LogP contribution in [0.4, 0.5) is 11.4 Å². The summed E-state index contributed by atoms with van der Waals surface area (Å²) in [7, 11) is 0. The zero-order valence-corrected chi connectivity index (χ0v) is 14.6. The molecule has 0 aliphatic carbocycles. The van der Waals surface area contributed by atoms with Gasteiger partial charge in [0.05, 0.1) is 11.4 Å². The first-order chi connectivity index (χ1) is 11.7. The first-order valence-electron chi connectivity index (χ1n) is 7.66. The minimum absolute atomic E-state index is 0.445. The summed E-state index contributed by atoms with van der Waals surface area (Å²) in [5, 5.41) is 1.55. The maximum Gasteiger partial charge on any atom is 0.259 e. The van der Waals surface area contributed by atoms with Gasteiger partial charge < -0.3 is 9.64 Å². The van der Waals surface area contributed by atoms with Gasteiger partial charge in [0.15, 0.2) is 5.75 Å². The average Bonchev–Trinajstić information content (AvgIpc) is 3.11. The molecule has 1 aliphatic heterocycles. The maximum absolute atomic E-state index is 11.3. The van der Waals surface area contributed by atoms with Gasteiger partial charge in [0.25, 0.3) is 11.3 Å². The fraction of sp³-hybridized carbons (Fsp3) is 0.235. The van der Waals surface area contributed by atoms with Crippen LogP contribution in [-0.4, -0.2) is 27.2 Å². The van der Waals surface area contributed by atoms with E-state index < -0.39 is 11.3 Å². The number of benzene rings is 2. The largest absolute Gasteiger partial charge is 0.453 e. The summed E-state index contributed by atoms with van der Waals surface area (Å²) in [6, 6.07) is 13.1. The molecule has 1 aliphatic rings. The quantitative estimate of drug-likeness (QED) is 0.601. The van der Waals surface area contributed by atoms with Crippen LogP contribution in [0.5, 0.6) is 11.5 Å². The van der Waals surface area contributed by atoms with E-state index >= 15 is 0 Å². The first-order valence-corrected chi connectivity index (χ1v) is 9.24. The fourth-order valence-corrected chi connectivity index (χ4v) is 3.26. The molecular formula is C17H18N2O3S2. The summed E-state index contributed by atoms with van der Waals surface area (Å²) < 4.78 is 29.2. The Morgan fingerprint density at radius 1 is 1.21 bits per heavy atom. The summed E-state index contributed by atoms with van der Waals surface area (Å²) in [5.74, 6) is 1.20. The second kappa shape index (κ2) is 7.74. The van der Waals surface area contributed by atoms with Gasteiger partial charge in [-0.25, -0.2) is 4.21 Å². The predicted octanol–water partition coefficient (Wildman–Crippen LogP) is 3.98. The molecule has 2 aromatic carbocycles. The minimum atomic E-state index is -2.20. The van der Waals surface area contributed by atoms with Crippen molar-refractivity contribution in [3.05, 3.63) is 48.0 Å². The average molecular weight is 362 g/mol. The van der Waals surface area contributed by atoms with Gasteiger partial charge in [0.1, 0.15) is 5.75 Å². The Balaban J connectivity index is 2.09. The van der Waals surface area contributed by atoms with E-state index in [4.69, 9.17) is 17.0 Å². The number of thiocarbonyl (C=S) groups is 1. The van der Waals surface area contributed by atoms with Crippen LogP contribution in [0.25, 0.3) is 0 Å². The first kappa shape index (κ1) is 16.9. The molecule has 0 saturated carbocycles. The van der Waals surface area contributed by atoms with E-state index in [0.717, 1.165) is 37.2 Å². The number of rotatable bonds is 6. The molecule has 0 bridgehead atoms. The number of nitrogens with one attached hydrogen (secondary N) is 1. The van der Waals surface area contributed by atoms with E-state index in [0.29, 0.717) is 17.2 Å². The van der Waals surface area contributed by atoms with E-state index in [2.05, 4.69) is 9.62 Å². The molecule has 1 saturated heterocycles. The van der Waals surface area contributed by atoms with Gasteiger partial charge in [-0.05, 0) is 42.7 Å². The standard InChI is InChI=1S/C17H18N2O3S2/c20-24(21)18-15-10-13(12-23)11-16(19-8-4-5-9-19)17(15)22-14-6-2-1-3-7-14/h1-3,6-7,10-12,18H,4-5,8-9H2,(H,20,21). The van der Waals surface area contributed by atoms with Crippen molar-refractivity contribution in [2.75, 3.05) is 22.7 Å². The molecule has 2 N–H and O–H groups in total. The van der Waals surface area contributed by atoms with E-state index in [9.17, 15) is 8.76 Å².